The summed E-state index contributed by atoms with van der Waals surface area (Å²) in [4.78, 5) is 24.4. The molecule has 0 aliphatic carbocycles. The first kappa shape index (κ1) is 26.1. The number of benzene rings is 2. The van der Waals surface area contributed by atoms with E-state index in [4.69, 9.17) is 21.7 Å². The van der Waals surface area contributed by atoms with Crippen LogP contribution >= 0.6 is 12.2 Å². The van der Waals surface area contributed by atoms with Crippen LogP contribution in [0.3, 0.4) is 0 Å². The second-order valence-electron chi connectivity index (χ2n) is 8.18. The SMILES string of the molecule is CCC(C)c1ccc(OCC(=O)NNC(=S)NC(=O)c2cccc(OCCC(C)C)c2)cc1. The Morgan fingerprint density at radius 3 is 2.36 bits per heavy atom. The van der Waals surface area contributed by atoms with E-state index >= 15 is 0 Å². The van der Waals surface area contributed by atoms with Gasteiger partial charge in [-0.25, -0.2) is 0 Å². The molecule has 33 heavy (non-hydrogen) atoms. The zero-order chi connectivity index (χ0) is 24.2. The van der Waals surface area contributed by atoms with Crippen molar-refractivity contribution < 1.29 is 19.1 Å². The Bertz CT molecular complexity index is 932. The van der Waals surface area contributed by atoms with Gasteiger partial charge >= 0.3 is 0 Å². The minimum Gasteiger partial charge on any atom is -0.494 e. The number of rotatable bonds is 10. The Balaban J connectivity index is 1.73. The minimum atomic E-state index is -0.432. The van der Waals surface area contributed by atoms with Gasteiger partial charge in [0, 0.05) is 5.56 Å². The Morgan fingerprint density at radius 2 is 1.70 bits per heavy atom. The van der Waals surface area contributed by atoms with Gasteiger partial charge in [0.15, 0.2) is 11.7 Å². The molecule has 2 aromatic carbocycles. The van der Waals surface area contributed by atoms with Crippen LogP contribution in [0.1, 0.15) is 62.4 Å². The van der Waals surface area contributed by atoms with Crippen molar-refractivity contribution in [1.29, 1.82) is 0 Å². The molecule has 0 aliphatic rings. The van der Waals surface area contributed by atoms with Crippen LogP contribution < -0.4 is 25.6 Å². The van der Waals surface area contributed by atoms with Gasteiger partial charge in [-0.05, 0) is 72.8 Å². The molecule has 0 aliphatic heterocycles. The highest BCUT2D eigenvalue weighted by Crippen LogP contribution is 2.21. The summed E-state index contributed by atoms with van der Waals surface area (Å²) in [6, 6.07) is 14.5. The molecule has 0 spiro atoms. The predicted molar refractivity (Wildman–Crippen MR) is 133 cm³/mol. The van der Waals surface area contributed by atoms with Crippen molar-refractivity contribution in [2.45, 2.75) is 46.5 Å². The first-order chi connectivity index (χ1) is 15.8. The van der Waals surface area contributed by atoms with Crippen LogP contribution in [0.4, 0.5) is 0 Å². The number of carbonyl (C=O) groups excluding carboxylic acids is 2. The number of carbonyl (C=O) groups is 2. The van der Waals surface area contributed by atoms with E-state index in [1.54, 1.807) is 24.3 Å². The summed E-state index contributed by atoms with van der Waals surface area (Å²) in [5, 5.41) is 2.49. The lowest BCUT2D eigenvalue weighted by atomic mass is 9.99. The predicted octanol–water partition coefficient (Wildman–Crippen LogP) is 4.34. The highest BCUT2D eigenvalue weighted by atomic mass is 32.1. The molecule has 2 amide bonds. The van der Waals surface area contributed by atoms with Gasteiger partial charge in [-0.1, -0.05) is 45.9 Å². The van der Waals surface area contributed by atoms with Gasteiger partial charge in [-0.15, -0.1) is 0 Å². The van der Waals surface area contributed by atoms with Crippen molar-refractivity contribution >= 4 is 29.1 Å². The minimum absolute atomic E-state index is 0.0302. The molecule has 2 rings (SSSR count). The lowest BCUT2D eigenvalue weighted by Gasteiger charge is -2.13. The average Bonchev–Trinajstić information content (AvgIpc) is 2.81. The molecule has 178 valence electrons. The second-order valence-corrected chi connectivity index (χ2v) is 8.59. The van der Waals surface area contributed by atoms with E-state index in [2.05, 4.69) is 43.9 Å². The number of hydrogen-bond donors (Lipinski definition) is 3. The molecule has 0 aromatic heterocycles. The number of thiocarbonyl (C=S) groups is 1. The molecule has 7 nitrogen and oxygen atoms in total. The van der Waals surface area contributed by atoms with Crippen molar-refractivity contribution in [2.24, 2.45) is 5.92 Å². The summed E-state index contributed by atoms with van der Waals surface area (Å²) in [7, 11) is 0. The topological polar surface area (TPSA) is 88.7 Å². The molecule has 3 N–H and O–H groups in total. The Morgan fingerprint density at radius 1 is 0.970 bits per heavy atom. The molecular weight excluding hydrogens is 438 g/mol. The van der Waals surface area contributed by atoms with E-state index in [1.807, 2.05) is 24.3 Å². The van der Waals surface area contributed by atoms with Crippen molar-refractivity contribution in [3.8, 4) is 11.5 Å². The zero-order valence-corrected chi connectivity index (χ0v) is 20.5. The molecule has 0 saturated carbocycles. The molecule has 0 bridgehead atoms. The van der Waals surface area contributed by atoms with E-state index in [1.165, 1.54) is 5.56 Å². The molecule has 2 aromatic rings. The molecule has 8 heteroatoms. The monoisotopic (exact) mass is 471 g/mol. The molecule has 0 heterocycles. The zero-order valence-electron chi connectivity index (χ0n) is 19.6. The Hall–Kier alpha value is -3.13. The summed E-state index contributed by atoms with van der Waals surface area (Å²) in [5.74, 6) is 1.39. The summed E-state index contributed by atoms with van der Waals surface area (Å²) < 4.78 is 11.2. The smallest absolute Gasteiger partial charge is 0.276 e. The fraction of sp³-hybridized carbons (Fsp3) is 0.400. The fourth-order valence-corrected chi connectivity index (χ4v) is 2.93. The molecule has 0 radical (unpaired) electrons. The van der Waals surface area contributed by atoms with Crippen LogP contribution in [0.15, 0.2) is 48.5 Å². The van der Waals surface area contributed by atoms with Crippen LogP contribution in [0, 0.1) is 5.92 Å². The maximum absolute atomic E-state index is 12.4. The molecule has 0 fully saturated rings. The molecular formula is C25H33N3O4S. The van der Waals surface area contributed by atoms with E-state index in [0.717, 1.165) is 12.8 Å². The highest BCUT2D eigenvalue weighted by Gasteiger charge is 2.10. The van der Waals surface area contributed by atoms with Gasteiger partial charge in [0.1, 0.15) is 11.5 Å². The maximum atomic E-state index is 12.4. The lowest BCUT2D eigenvalue weighted by Crippen LogP contribution is -2.49. The third-order valence-corrected chi connectivity index (χ3v) is 5.24. The van der Waals surface area contributed by atoms with E-state index in [0.29, 0.717) is 35.5 Å². The maximum Gasteiger partial charge on any atom is 0.276 e. The van der Waals surface area contributed by atoms with Gasteiger partial charge < -0.3 is 9.47 Å². The third-order valence-electron chi connectivity index (χ3n) is 5.03. The van der Waals surface area contributed by atoms with Gasteiger partial charge in [-0.2, -0.15) is 0 Å². The van der Waals surface area contributed by atoms with Crippen molar-refractivity contribution in [2.75, 3.05) is 13.2 Å². The van der Waals surface area contributed by atoms with Crippen LogP contribution in [-0.4, -0.2) is 30.1 Å². The summed E-state index contributed by atoms with van der Waals surface area (Å²) >= 11 is 5.08. The average molecular weight is 472 g/mol. The normalized spacial score (nSPS) is 11.4. The molecule has 0 saturated heterocycles. The summed E-state index contributed by atoms with van der Waals surface area (Å²) in [6.07, 6.45) is 1.99. The summed E-state index contributed by atoms with van der Waals surface area (Å²) in [6.45, 7) is 8.93. The van der Waals surface area contributed by atoms with Gasteiger partial charge in [0.2, 0.25) is 0 Å². The standard InChI is InChI=1S/C25H33N3O4S/c1-5-18(4)19-9-11-21(12-10-19)32-16-23(29)27-28-25(33)26-24(30)20-7-6-8-22(15-20)31-14-13-17(2)3/h6-12,15,17-18H,5,13-14,16H2,1-4H3,(H,27,29)(H2,26,28,30,33). The van der Waals surface area contributed by atoms with Crippen molar-refractivity contribution in [3.05, 3.63) is 59.7 Å². The van der Waals surface area contributed by atoms with E-state index in [9.17, 15) is 9.59 Å². The highest BCUT2D eigenvalue weighted by molar-refractivity contribution is 7.80. The van der Waals surface area contributed by atoms with Crippen LogP contribution in [0.5, 0.6) is 11.5 Å². The van der Waals surface area contributed by atoms with Gasteiger partial charge in [-0.3, -0.25) is 25.8 Å². The van der Waals surface area contributed by atoms with Gasteiger partial charge in [0.05, 0.1) is 6.61 Å². The van der Waals surface area contributed by atoms with Crippen LogP contribution in [0.25, 0.3) is 0 Å². The number of amides is 2. The van der Waals surface area contributed by atoms with Crippen molar-refractivity contribution in [1.82, 2.24) is 16.2 Å². The van der Waals surface area contributed by atoms with E-state index < -0.39 is 11.8 Å². The number of nitrogens with one attached hydrogen (secondary N) is 3. The summed E-state index contributed by atoms with van der Waals surface area (Å²) in [5.41, 5.74) is 6.53. The largest absolute Gasteiger partial charge is 0.494 e. The fourth-order valence-electron chi connectivity index (χ4n) is 2.79. The lowest BCUT2D eigenvalue weighted by molar-refractivity contribution is -0.123. The third kappa shape index (κ3) is 9.49. The Labute approximate surface area is 201 Å². The molecule has 1 atom stereocenters. The van der Waals surface area contributed by atoms with Gasteiger partial charge in [0.25, 0.3) is 11.8 Å². The first-order valence-corrected chi connectivity index (χ1v) is 11.5. The van der Waals surface area contributed by atoms with Crippen LogP contribution in [0.2, 0.25) is 0 Å². The molecule has 1 unspecified atom stereocenters. The second kappa shape index (κ2) is 13.4. The first-order valence-electron chi connectivity index (χ1n) is 11.1. The number of hydrazine groups is 1. The number of hydrogen-bond acceptors (Lipinski definition) is 5. The Kier molecular flexibility index (Phi) is 10.6. The number of ether oxygens (including phenoxy) is 2. The van der Waals surface area contributed by atoms with E-state index in [-0.39, 0.29) is 11.7 Å². The van der Waals surface area contributed by atoms with Crippen molar-refractivity contribution in [3.63, 3.8) is 0 Å². The quantitative estimate of drug-likeness (QED) is 0.353. The van der Waals surface area contributed by atoms with Crippen LogP contribution in [-0.2, 0) is 4.79 Å².